The molecule has 1 aromatic rings. The first-order chi connectivity index (χ1) is 9.60. The van der Waals surface area contributed by atoms with Crippen molar-refractivity contribution in [2.24, 2.45) is 0 Å². The molecule has 0 aliphatic carbocycles. The third-order valence-corrected chi connectivity index (χ3v) is 3.28. The third-order valence-electron chi connectivity index (χ3n) is 3.28. The van der Waals surface area contributed by atoms with Crippen LogP contribution in [0.15, 0.2) is 12.3 Å². The SMILES string of the molecule is CCCCCN(C)C(=O)c1cnc(C)cc1NCCC. The van der Waals surface area contributed by atoms with Crippen LogP contribution in [0.5, 0.6) is 0 Å². The van der Waals surface area contributed by atoms with E-state index in [1.165, 1.54) is 0 Å². The largest absolute Gasteiger partial charge is 0.384 e. The molecular formula is C16H27N3O. The van der Waals surface area contributed by atoms with Gasteiger partial charge in [-0.25, -0.2) is 0 Å². The maximum atomic E-state index is 12.5. The molecule has 1 rings (SSSR count). The quantitative estimate of drug-likeness (QED) is 0.740. The highest BCUT2D eigenvalue weighted by Gasteiger charge is 2.16. The van der Waals surface area contributed by atoms with Gasteiger partial charge in [0.15, 0.2) is 0 Å². The molecule has 0 atom stereocenters. The van der Waals surface area contributed by atoms with Crippen molar-refractivity contribution in [3.8, 4) is 0 Å². The number of rotatable bonds is 8. The Morgan fingerprint density at radius 1 is 1.30 bits per heavy atom. The zero-order valence-electron chi connectivity index (χ0n) is 13.2. The highest BCUT2D eigenvalue weighted by Crippen LogP contribution is 2.18. The Balaban J connectivity index is 2.79. The second-order valence-corrected chi connectivity index (χ2v) is 5.23. The van der Waals surface area contributed by atoms with Crippen LogP contribution < -0.4 is 5.32 Å². The molecule has 0 unspecified atom stereocenters. The summed E-state index contributed by atoms with van der Waals surface area (Å²) >= 11 is 0. The van der Waals surface area contributed by atoms with Gasteiger partial charge in [0.1, 0.15) is 0 Å². The first kappa shape index (κ1) is 16.5. The van der Waals surface area contributed by atoms with E-state index >= 15 is 0 Å². The number of carbonyl (C=O) groups excluding carboxylic acids is 1. The van der Waals surface area contributed by atoms with E-state index in [0.29, 0.717) is 5.56 Å². The molecule has 112 valence electrons. The molecule has 0 aliphatic heterocycles. The van der Waals surface area contributed by atoms with Gasteiger partial charge >= 0.3 is 0 Å². The lowest BCUT2D eigenvalue weighted by Crippen LogP contribution is -2.28. The zero-order chi connectivity index (χ0) is 15.0. The lowest BCUT2D eigenvalue weighted by atomic mass is 10.1. The molecule has 1 heterocycles. The summed E-state index contributed by atoms with van der Waals surface area (Å²) in [5.74, 6) is 0.0483. The second-order valence-electron chi connectivity index (χ2n) is 5.23. The molecule has 1 N–H and O–H groups in total. The molecule has 4 heteroatoms. The van der Waals surface area contributed by atoms with Crippen molar-refractivity contribution < 1.29 is 4.79 Å². The monoisotopic (exact) mass is 277 g/mol. The first-order valence-electron chi connectivity index (χ1n) is 7.56. The van der Waals surface area contributed by atoms with Crippen LogP contribution in [0.4, 0.5) is 5.69 Å². The van der Waals surface area contributed by atoms with Gasteiger partial charge in [-0.3, -0.25) is 9.78 Å². The number of hydrogen-bond donors (Lipinski definition) is 1. The van der Waals surface area contributed by atoms with Gasteiger partial charge in [0.05, 0.1) is 11.3 Å². The summed E-state index contributed by atoms with van der Waals surface area (Å²) in [6, 6.07) is 1.95. The van der Waals surface area contributed by atoms with Gasteiger partial charge in [0.25, 0.3) is 5.91 Å². The van der Waals surface area contributed by atoms with Crippen LogP contribution in [0, 0.1) is 6.92 Å². The minimum Gasteiger partial charge on any atom is -0.384 e. The molecule has 4 nitrogen and oxygen atoms in total. The average molecular weight is 277 g/mol. The van der Waals surface area contributed by atoms with Gasteiger partial charge in [-0.2, -0.15) is 0 Å². The van der Waals surface area contributed by atoms with Gasteiger partial charge in [-0.15, -0.1) is 0 Å². The fourth-order valence-corrected chi connectivity index (χ4v) is 2.04. The van der Waals surface area contributed by atoms with Gasteiger partial charge in [0, 0.05) is 32.0 Å². The fraction of sp³-hybridized carbons (Fsp3) is 0.625. The molecule has 0 spiro atoms. The van der Waals surface area contributed by atoms with E-state index in [4.69, 9.17) is 0 Å². The molecule has 1 amide bonds. The average Bonchev–Trinajstić information content (AvgIpc) is 2.44. The van der Waals surface area contributed by atoms with Gasteiger partial charge < -0.3 is 10.2 Å². The van der Waals surface area contributed by atoms with Crippen LogP contribution >= 0.6 is 0 Å². The second kappa shape index (κ2) is 8.56. The maximum Gasteiger partial charge on any atom is 0.257 e. The van der Waals surface area contributed by atoms with Crippen LogP contribution in [-0.2, 0) is 0 Å². The van der Waals surface area contributed by atoms with Crippen LogP contribution in [0.25, 0.3) is 0 Å². The molecule has 0 fully saturated rings. The predicted octanol–water partition coefficient (Wildman–Crippen LogP) is 3.47. The highest BCUT2D eigenvalue weighted by atomic mass is 16.2. The number of aromatic nitrogens is 1. The smallest absolute Gasteiger partial charge is 0.257 e. The summed E-state index contributed by atoms with van der Waals surface area (Å²) in [6.07, 6.45) is 6.09. The number of amides is 1. The zero-order valence-corrected chi connectivity index (χ0v) is 13.2. The van der Waals surface area contributed by atoms with E-state index in [0.717, 1.165) is 50.2 Å². The molecule has 0 bridgehead atoms. The van der Waals surface area contributed by atoms with Crippen LogP contribution in [-0.4, -0.2) is 35.9 Å². The van der Waals surface area contributed by atoms with Crippen LogP contribution in [0.3, 0.4) is 0 Å². The first-order valence-corrected chi connectivity index (χ1v) is 7.56. The third kappa shape index (κ3) is 4.83. The lowest BCUT2D eigenvalue weighted by Gasteiger charge is -2.19. The molecule has 0 saturated heterocycles. The number of nitrogens with zero attached hydrogens (tertiary/aromatic N) is 2. The summed E-state index contributed by atoms with van der Waals surface area (Å²) in [4.78, 5) is 18.5. The molecule has 20 heavy (non-hydrogen) atoms. The standard InChI is InChI=1S/C16H27N3O/c1-5-7-8-10-19(4)16(20)14-12-18-13(3)11-15(14)17-9-6-2/h11-12H,5-10H2,1-4H3,(H,17,18). The summed E-state index contributed by atoms with van der Waals surface area (Å²) in [7, 11) is 1.86. The van der Waals surface area contributed by atoms with Crippen molar-refractivity contribution in [1.29, 1.82) is 0 Å². The number of pyridine rings is 1. The normalized spacial score (nSPS) is 10.4. The minimum absolute atomic E-state index is 0.0483. The Morgan fingerprint density at radius 2 is 2.05 bits per heavy atom. The number of hydrogen-bond acceptors (Lipinski definition) is 3. The number of unbranched alkanes of at least 4 members (excludes halogenated alkanes) is 2. The number of anilines is 1. The van der Waals surface area contributed by atoms with E-state index in [2.05, 4.69) is 24.1 Å². The Bertz CT molecular complexity index is 432. The minimum atomic E-state index is 0.0483. The van der Waals surface area contributed by atoms with Crippen molar-refractivity contribution in [3.63, 3.8) is 0 Å². The highest BCUT2D eigenvalue weighted by molar-refractivity contribution is 5.99. The number of nitrogens with one attached hydrogen (secondary N) is 1. The summed E-state index contributed by atoms with van der Waals surface area (Å²) in [6.45, 7) is 7.88. The molecule has 1 aromatic heterocycles. The number of aryl methyl sites for hydroxylation is 1. The van der Waals surface area contributed by atoms with Gasteiger partial charge in [-0.1, -0.05) is 26.7 Å². The van der Waals surface area contributed by atoms with Crippen LogP contribution in [0.2, 0.25) is 0 Å². The van der Waals surface area contributed by atoms with E-state index < -0.39 is 0 Å². The topological polar surface area (TPSA) is 45.2 Å². The Labute approximate surface area is 122 Å². The molecule has 0 aromatic carbocycles. The lowest BCUT2D eigenvalue weighted by molar-refractivity contribution is 0.0793. The summed E-state index contributed by atoms with van der Waals surface area (Å²) in [5.41, 5.74) is 2.49. The Kier molecular flexibility index (Phi) is 7.05. The maximum absolute atomic E-state index is 12.5. The van der Waals surface area contributed by atoms with E-state index in [9.17, 15) is 4.79 Å². The predicted molar refractivity (Wildman–Crippen MR) is 84.2 cm³/mol. The van der Waals surface area contributed by atoms with Crippen molar-refractivity contribution >= 4 is 11.6 Å². The van der Waals surface area contributed by atoms with Gasteiger partial charge in [0.2, 0.25) is 0 Å². The molecule has 0 radical (unpaired) electrons. The van der Waals surface area contributed by atoms with Crippen molar-refractivity contribution in [2.75, 3.05) is 25.5 Å². The van der Waals surface area contributed by atoms with Crippen molar-refractivity contribution in [2.45, 2.75) is 46.5 Å². The molecule has 0 saturated carbocycles. The molecule has 0 aliphatic rings. The number of carbonyl (C=O) groups is 1. The molecular weight excluding hydrogens is 250 g/mol. The Morgan fingerprint density at radius 3 is 2.70 bits per heavy atom. The van der Waals surface area contributed by atoms with Gasteiger partial charge in [-0.05, 0) is 25.8 Å². The van der Waals surface area contributed by atoms with Crippen molar-refractivity contribution in [1.82, 2.24) is 9.88 Å². The Hall–Kier alpha value is -1.58. The van der Waals surface area contributed by atoms with Crippen LogP contribution in [0.1, 0.15) is 55.6 Å². The van der Waals surface area contributed by atoms with E-state index in [-0.39, 0.29) is 5.91 Å². The van der Waals surface area contributed by atoms with E-state index in [1.807, 2.05) is 20.0 Å². The summed E-state index contributed by atoms with van der Waals surface area (Å²) in [5, 5.41) is 3.32. The summed E-state index contributed by atoms with van der Waals surface area (Å²) < 4.78 is 0. The van der Waals surface area contributed by atoms with Crippen molar-refractivity contribution in [3.05, 3.63) is 23.5 Å². The fourth-order valence-electron chi connectivity index (χ4n) is 2.04. The van der Waals surface area contributed by atoms with E-state index in [1.54, 1.807) is 11.1 Å².